The highest BCUT2D eigenvalue weighted by molar-refractivity contribution is 5.99. The van der Waals surface area contributed by atoms with Crippen molar-refractivity contribution < 1.29 is 32.3 Å². The molecule has 2 aliphatic rings. The number of alkyl halides is 1. The molecule has 3 heterocycles. The van der Waals surface area contributed by atoms with Gasteiger partial charge >= 0.3 is 0 Å². The fraction of sp³-hybridized carbons (Fsp3) is 0.381. The van der Waals surface area contributed by atoms with Crippen LogP contribution in [-0.2, 0) is 6.54 Å². The van der Waals surface area contributed by atoms with Crippen LogP contribution in [0, 0.1) is 17.5 Å². The van der Waals surface area contributed by atoms with Crippen molar-refractivity contribution in [2.75, 3.05) is 13.1 Å². The average molecular weight is 453 g/mol. The van der Waals surface area contributed by atoms with E-state index in [1.165, 1.54) is 9.47 Å². The zero-order valence-corrected chi connectivity index (χ0v) is 16.7. The third kappa shape index (κ3) is 3.82. The van der Waals surface area contributed by atoms with Gasteiger partial charge in [0.1, 0.15) is 29.2 Å². The van der Waals surface area contributed by atoms with Crippen molar-refractivity contribution >= 4 is 11.8 Å². The maximum Gasteiger partial charge on any atom is 0.274 e. The van der Waals surface area contributed by atoms with Crippen molar-refractivity contribution in [2.45, 2.75) is 38.0 Å². The molecule has 1 aromatic carbocycles. The maximum atomic E-state index is 13.9. The summed E-state index contributed by atoms with van der Waals surface area (Å²) in [6, 6.07) is 0.439. The van der Waals surface area contributed by atoms with Crippen molar-refractivity contribution in [3.8, 4) is 5.75 Å². The minimum Gasteiger partial charge on any atom is -0.503 e. The molecule has 0 aliphatic carbocycles. The van der Waals surface area contributed by atoms with Crippen molar-refractivity contribution in [1.29, 1.82) is 0 Å². The zero-order chi connectivity index (χ0) is 23.2. The Balaban J connectivity index is 1.66. The van der Waals surface area contributed by atoms with Crippen LogP contribution in [0.15, 0.2) is 23.1 Å². The largest absolute Gasteiger partial charge is 0.503 e. The predicted molar refractivity (Wildman–Crippen MR) is 104 cm³/mol. The van der Waals surface area contributed by atoms with Crippen LogP contribution in [0.4, 0.5) is 17.6 Å². The molecule has 1 unspecified atom stereocenters. The highest BCUT2D eigenvalue weighted by Gasteiger charge is 2.37. The Morgan fingerprint density at radius 2 is 1.81 bits per heavy atom. The molecule has 1 saturated heterocycles. The molecular weight excluding hydrogens is 434 g/mol. The van der Waals surface area contributed by atoms with Gasteiger partial charge in [-0.3, -0.25) is 14.4 Å². The lowest BCUT2D eigenvalue weighted by Crippen LogP contribution is -2.47. The third-order valence-electron chi connectivity index (χ3n) is 5.83. The first-order chi connectivity index (χ1) is 15.2. The number of aromatic nitrogens is 1. The van der Waals surface area contributed by atoms with Gasteiger partial charge < -0.3 is 19.9 Å². The van der Waals surface area contributed by atoms with Gasteiger partial charge in [0.15, 0.2) is 11.4 Å². The van der Waals surface area contributed by atoms with Gasteiger partial charge in [0, 0.05) is 43.5 Å². The van der Waals surface area contributed by atoms with Gasteiger partial charge in [-0.2, -0.15) is 0 Å². The molecule has 1 aromatic heterocycles. The summed E-state index contributed by atoms with van der Waals surface area (Å²) in [5.41, 5.74) is -2.56. The monoisotopic (exact) mass is 453 g/mol. The molecule has 32 heavy (non-hydrogen) atoms. The molecule has 2 aliphatic heterocycles. The van der Waals surface area contributed by atoms with Gasteiger partial charge in [-0.15, -0.1) is 0 Å². The van der Waals surface area contributed by atoms with E-state index in [0.29, 0.717) is 18.6 Å². The molecule has 0 saturated carbocycles. The number of hydrogen-bond donors (Lipinski definition) is 2. The number of amides is 2. The van der Waals surface area contributed by atoms with Gasteiger partial charge in [0.25, 0.3) is 11.8 Å². The standard InChI is InChI=1S/C21H19F4N3O4/c22-10-1-2-12-8-27(4-3-10)21(32)17-19(30)18(29)14(9-28(12)17)20(31)26-7-13-15(24)5-11(23)6-16(13)25/h5-6,9-10,12,30H,1-4,7-8H2,(H,26,31)/t10?,12-/m0/s1. The van der Waals surface area contributed by atoms with Crippen LogP contribution < -0.4 is 10.7 Å². The normalized spacial score (nSPS) is 20.4. The van der Waals surface area contributed by atoms with E-state index >= 15 is 0 Å². The molecule has 170 valence electrons. The van der Waals surface area contributed by atoms with Gasteiger partial charge in [-0.1, -0.05) is 0 Å². The van der Waals surface area contributed by atoms with Crippen molar-refractivity contribution in [1.82, 2.24) is 14.8 Å². The Kier molecular flexibility index (Phi) is 5.66. The number of benzene rings is 1. The number of rotatable bonds is 3. The first kappa shape index (κ1) is 21.8. The van der Waals surface area contributed by atoms with Gasteiger partial charge in [0.2, 0.25) is 5.43 Å². The Bertz CT molecular complexity index is 1140. The lowest BCUT2D eigenvalue weighted by atomic mass is 9.98. The highest BCUT2D eigenvalue weighted by Crippen LogP contribution is 2.32. The van der Waals surface area contributed by atoms with E-state index in [1.54, 1.807) is 0 Å². The van der Waals surface area contributed by atoms with Crippen LogP contribution in [-0.4, -0.2) is 45.6 Å². The van der Waals surface area contributed by atoms with E-state index in [-0.39, 0.29) is 31.6 Å². The SMILES string of the molecule is O=C(NCc1c(F)cc(F)cc1F)c1cn2c(c(O)c1=O)C(=O)N1CCC(F)CC[C@H]2C1. The lowest BCUT2D eigenvalue weighted by Gasteiger charge is -2.38. The summed E-state index contributed by atoms with van der Waals surface area (Å²) in [5.74, 6) is -6.17. The zero-order valence-electron chi connectivity index (χ0n) is 16.7. The van der Waals surface area contributed by atoms with E-state index < -0.39 is 70.3 Å². The molecule has 2 amide bonds. The molecule has 1 fully saturated rings. The number of nitrogens with zero attached hydrogens (tertiary/aromatic N) is 2. The lowest BCUT2D eigenvalue weighted by molar-refractivity contribution is 0.0594. The summed E-state index contributed by atoms with van der Waals surface area (Å²) in [4.78, 5) is 39.3. The molecule has 4 rings (SSSR count). The summed E-state index contributed by atoms with van der Waals surface area (Å²) in [6.07, 6.45) is 0.668. The van der Waals surface area contributed by atoms with Gasteiger partial charge in [-0.25, -0.2) is 17.6 Å². The number of pyridine rings is 1. The Morgan fingerprint density at radius 1 is 1.12 bits per heavy atom. The summed E-state index contributed by atoms with van der Waals surface area (Å²) >= 11 is 0. The highest BCUT2D eigenvalue weighted by atomic mass is 19.1. The first-order valence-corrected chi connectivity index (χ1v) is 10.0. The van der Waals surface area contributed by atoms with Crippen molar-refractivity contribution in [3.63, 3.8) is 0 Å². The second-order valence-corrected chi connectivity index (χ2v) is 7.88. The topological polar surface area (TPSA) is 91.6 Å². The summed E-state index contributed by atoms with van der Waals surface area (Å²) < 4.78 is 55.9. The first-order valence-electron chi connectivity index (χ1n) is 10.0. The fourth-order valence-corrected chi connectivity index (χ4v) is 4.10. The van der Waals surface area contributed by atoms with Gasteiger partial charge in [0.05, 0.1) is 6.04 Å². The van der Waals surface area contributed by atoms with Gasteiger partial charge in [-0.05, 0) is 19.3 Å². The molecular formula is C21H19F4N3O4. The molecule has 0 radical (unpaired) electrons. The Morgan fingerprint density at radius 3 is 2.50 bits per heavy atom. The number of aromatic hydroxyl groups is 1. The third-order valence-corrected chi connectivity index (χ3v) is 5.83. The minimum absolute atomic E-state index is 0.140. The predicted octanol–water partition coefficient (Wildman–Crippen LogP) is 2.42. The molecule has 2 N–H and O–H groups in total. The van der Waals surface area contributed by atoms with E-state index in [2.05, 4.69) is 5.32 Å². The molecule has 11 heteroatoms. The fourth-order valence-electron chi connectivity index (χ4n) is 4.10. The summed E-state index contributed by atoms with van der Waals surface area (Å²) in [7, 11) is 0. The number of carbonyl (C=O) groups is 2. The molecule has 0 spiro atoms. The number of hydrogen-bond acceptors (Lipinski definition) is 4. The minimum atomic E-state index is -1.21. The number of halogens is 4. The van der Waals surface area contributed by atoms with Crippen LogP contribution in [0.1, 0.15) is 51.7 Å². The van der Waals surface area contributed by atoms with Crippen LogP contribution >= 0.6 is 0 Å². The van der Waals surface area contributed by atoms with Crippen LogP contribution in [0.25, 0.3) is 0 Å². The summed E-state index contributed by atoms with van der Waals surface area (Å²) in [5, 5.41) is 12.6. The molecule has 7 nitrogen and oxygen atoms in total. The molecule has 2 bridgehead atoms. The molecule has 2 aromatic rings. The molecule has 2 atom stereocenters. The van der Waals surface area contributed by atoms with Crippen molar-refractivity contribution in [2.24, 2.45) is 0 Å². The Hall–Kier alpha value is -3.37. The van der Waals surface area contributed by atoms with E-state index in [0.717, 1.165) is 6.20 Å². The number of fused-ring (bicyclic) bond motifs is 4. The maximum absolute atomic E-state index is 13.9. The van der Waals surface area contributed by atoms with Crippen LogP contribution in [0.3, 0.4) is 0 Å². The van der Waals surface area contributed by atoms with E-state index in [9.17, 15) is 37.1 Å². The second-order valence-electron chi connectivity index (χ2n) is 7.88. The average Bonchev–Trinajstić information content (AvgIpc) is 2.72. The van der Waals surface area contributed by atoms with Crippen LogP contribution in [0.5, 0.6) is 5.75 Å². The van der Waals surface area contributed by atoms with Crippen LogP contribution in [0.2, 0.25) is 0 Å². The van der Waals surface area contributed by atoms with Crippen molar-refractivity contribution in [3.05, 3.63) is 62.8 Å². The smallest absolute Gasteiger partial charge is 0.274 e. The summed E-state index contributed by atoms with van der Waals surface area (Å²) in [6.45, 7) is -0.312. The quantitative estimate of drug-likeness (QED) is 0.699. The number of carbonyl (C=O) groups excluding carboxylic acids is 2. The number of nitrogens with one attached hydrogen (secondary N) is 1. The second kappa shape index (κ2) is 8.29. The Labute approximate surface area is 179 Å². The van der Waals surface area contributed by atoms with E-state index in [1.807, 2.05) is 0 Å². The van der Waals surface area contributed by atoms with E-state index in [4.69, 9.17) is 0 Å².